The van der Waals surface area contributed by atoms with Crippen LogP contribution in [0.3, 0.4) is 0 Å². The fourth-order valence-corrected chi connectivity index (χ4v) is 2.11. The van der Waals surface area contributed by atoms with E-state index in [-0.39, 0.29) is 24.5 Å². The largest absolute Gasteiger partial charge is 0.353 e. The number of hydrogen-bond acceptors (Lipinski definition) is 5. The summed E-state index contributed by atoms with van der Waals surface area (Å²) >= 11 is 0. The van der Waals surface area contributed by atoms with Gasteiger partial charge in [-0.2, -0.15) is 0 Å². The van der Waals surface area contributed by atoms with Gasteiger partial charge in [-0.1, -0.05) is 0 Å². The Morgan fingerprint density at radius 2 is 1.90 bits per heavy atom. The van der Waals surface area contributed by atoms with Crippen LogP contribution in [0.25, 0.3) is 0 Å². The molecule has 8 heteroatoms. The summed E-state index contributed by atoms with van der Waals surface area (Å²) in [5.74, 6) is -0.624. The number of carbonyl (C=O) groups is 4. The molecule has 1 unspecified atom stereocenters. The predicted octanol–water partition coefficient (Wildman–Crippen LogP) is -0.00340. The molecule has 0 aromatic carbocycles. The highest BCUT2D eigenvalue weighted by Gasteiger charge is 2.33. The van der Waals surface area contributed by atoms with Crippen molar-refractivity contribution in [1.29, 1.82) is 0 Å². The number of carbonyl (C=O) groups excluding carboxylic acids is 4. The molecule has 1 saturated heterocycles. The highest BCUT2D eigenvalue weighted by atomic mass is 16.2. The zero-order valence-electron chi connectivity index (χ0n) is 12.6. The molecule has 118 valence electrons. The van der Waals surface area contributed by atoms with Gasteiger partial charge in [-0.25, -0.2) is 20.2 Å². The number of Topliss-reactive ketones (excluding diaryl/α,β-unsaturated/α-hetero) is 2. The second kappa shape index (κ2) is 7.72. The van der Waals surface area contributed by atoms with Crippen LogP contribution in [0.5, 0.6) is 0 Å². The lowest BCUT2D eigenvalue weighted by atomic mass is 10.1. The number of urea groups is 1. The zero-order chi connectivity index (χ0) is 16.0. The van der Waals surface area contributed by atoms with E-state index in [1.165, 1.54) is 25.8 Å². The number of nitrogens with zero attached hydrogens (tertiary/aromatic N) is 2. The quantitative estimate of drug-likeness (QED) is 0.712. The van der Waals surface area contributed by atoms with Crippen molar-refractivity contribution in [1.82, 2.24) is 20.9 Å². The van der Waals surface area contributed by atoms with Gasteiger partial charge in [0.15, 0.2) is 5.78 Å². The normalized spacial score (nSPS) is 18.0. The molecule has 1 heterocycles. The van der Waals surface area contributed by atoms with Crippen LogP contribution in [0.15, 0.2) is 0 Å². The molecule has 1 aliphatic heterocycles. The van der Waals surface area contributed by atoms with E-state index in [1.54, 1.807) is 0 Å². The molecule has 0 aromatic heterocycles. The summed E-state index contributed by atoms with van der Waals surface area (Å²) in [6.45, 7) is 4.76. The van der Waals surface area contributed by atoms with Gasteiger partial charge in [0.1, 0.15) is 11.8 Å². The van der Waals surface area contributed by atoms with Crippen LogP contribution in [0.1, 0.15) is 40.0 Å². The van der Waals surface area contributed by atoms with Gasteiger partial charge in [0, 0.05) is 19.9 Å². The standard InChI is InChI=1S/C13H22N4O4/c1-9(18)6-8-16(15-11(3)20)13(21)17-12(10(2)19)5-4-7-14-17/h12,14H,4-8H2,1-3H3,(H,15,20). The number of ketones is 2. The van der Waals surface area contributed by atoms with Gasteiger partial charge in [0.25, 0.3) is 0 Å². The summed E-state index contributed by atoms with van der Waals surface area (Å²) in [6, 6.07) is -1.09. The van der Waals surface area contributed by atoms with Crippen molar-refractivity contribution in [2.75, 3.05) is 13.1 Å². The fraction of sp³-hybridized carbons (Fsp3) is 0.692. The van der Waals surface area contributed by atoms with Crippen molar-refractivity contribution < 1.29 is 19.2 Å². The molecule has 0 saturated carbocycles. The Morgan fingerprint density at radius 3 is 2.43 bits per heavy atom. The van der Waals surface area contributed by atoms with Gasteiger partial charge in [-0.3, -0.25) is 19.8 Å². The lowest BCUT2D eigenvalue weighted by molar-refractivity contribution is -0.125. The third kappa shape index (κ3) is 5.14. The summed E-state index contributed by atoms with van der Waals surface area (Å²) in [5, 5.41) is 2.31. The minimum Gasteiger partial charge on any atom is -0.300 e. The second-order valence-electron chi connectivity index (χ2n) is 5.10. The van der Waals surface area contributed by atoms with Crippen LogP contribution in [0, 0.1) is 0 Å². The molecule has 0 bridgehead atoms. The van der Waals surface area contributed by atoms with Crippen LogP contribution in [0.4, 0.5) is 4.79 Å². The first-order valence-electron chi connectivity index (χ1n) is 6.94. The summed E-state index contributed by atoms with van der Waals surface area (Å²) in [4.78, 5) is 46.4. The molecule has 0 spiro atoms. The predicted molar refractivity (Wildman–Crippen MR) is 74.8 cm³/mol. The number of rotatable bonds is 4. The minimum absolute atomic E-state index is 0.0660. The highest BCUT2D eigenvalue weighted by Crippen LogP contribution is 2.13. The van der Waals surface area contributed by atoms with E-state index < -0.39 is 18.0 Å². The van der Waals surface area contributed by atoms with Crippen molar-refractivity contribution in [2.24, 2.45) is 0 Å². The van der Waals surface area contributed by atoms with Gasteiger partial charge >= 0.3 is 6.03 Å². The van der Waals surface area contributed by atoms with E-state index >= 15 is 0 Å². The Bertz CT molecular complexity index is 438. The minimum atomic E-state index is -0.556. The van der Waals surface area contributed by atoms with Crippen LogP contribution in [0.2, 0.25) is 0 Å². The second-order valence-corrected chi connectivity index (χ2v) is 5.10. The van der Waals surface area contributed by atoms with Crippen LogP contribution >= 0.6 is 0 Å². The maximum Gasteiger partial charge on any atom is 0.353 e. The van der Waals surface area contributed by atoms with Crippen LogP contribution in [-0.4, -0.2) is 52.7 Å². The van der Waals surface area contributed by atoms with Crippen molar-refractivity contribution in [3.63, 3.8) is 0 Å². The molecule has 1 rings (SSSR count). The maximum absolute atomic E-state index is 12.5. The third-order valence-corrected chi connectivity index (χ3v) is 3.13. The first-order chi connectivity index (χ1) is 9.82. The Hall–Kier alpha value is -1.96. The summed E-state index contributed by atoms with van der Waals surface area (Å²) in [7, 11) is 0. The molecule has 8 nitrogen and oxygen atoms in total. The van der Waals surface area contributed by atoms with Crippen LogP contribution < -0.4 is 10.9 Å². The van der Waals surface area contributed by atoms with Gasteiger partial charge in [0.2, 0.25) is 5.91 Å². The van der Waals surface area contributed by atoms with Crippen LogP contribution in [-0.2, 0) is 14.4 Å². The van der Waals surface area contributed by atoms with E-state index in [1.807, 2.05) is 0 Å². The van der Waals surface area contributed by atoms with E-state index in [4.69, 9.17) is 0 Å². The van der Waals surface area contributed by atoms with E-state index in [2.05, 4.69) is 10.9 Å². The smallest absolute Gasteiger partial charge is 0.300 e. The Labute approximate surface area is 123 Å². The van der Waals surface area contributed by atoms with Crippen molar-refractivity contribution >= 4 is 23.5 Å². The average Bonchev–Trinajstić information content (AvgIpc) is 2.42. The molecule has 21 heavy (non-hydrogen) atoms. The lowest BCUT2D eigenvalue weighted by Crippen LogP contribution is -2.62. The first kappa shape index (κ1) is 17.1. The molecule has 0 radical (unpaired) electrons. The van der Waals surface area contributed by atoms with Crippen molar-refractivity contribution in [3.8, 4) is 0 Å². The molecular formula is C13H22N4O4. The Balaban J connectivity index is 2.83. The van der Waals surface area contributed by atoms with Crippen molar-refractivity contribution in [3.05, 3.63) is 0 Å². The molecular weight excluding hydrogens is 276 g/mol. The Morgan fingerprint density at radius 1 is 1.24 bits per heavy atom. The molecule has 0 aromatic rings. The highest BCUT2D eigenvalue weighted by molar-refractivity contribution is 5.88. The number of hydrazine groups is 2. The third-order valence-electron chi connectivity index (χ3n) is 3.13. The fourth-order valence-electron chi connectivity index (χ4n) is 2.11. The molecule has 1 aliphatic rings. The lowest BCUT2D eigenvalue weighted by Gasteiger charge is -2.37. The van der Waals surface area contributed by atoms with Gasteiger partial charge in [-0.15, -0.1) is 0 Å². The number of hydrogen-bond donors (Lipinski definition) is 2. The first-order valence-corrected chi connectivity index (χ1v) is 6.94. The monoisotopic (exact) mass is 298 g/mol. The molecule has 1 atom stereocenters. The van der Waals surface area contributed by atoms with Gasteiger partial charge in [-0.05, 0) is 26.7 Å². The van der Waals surface area contributed by atoms with E-state index in [0.717, 1.165) is 11.4 Å². The maximum atomic E-state index is 12.5. The van der Waals surface area contributed by atoms with Gasteiger partial charge < -0.3 is 0 Å². The summed E-state index contributed by atoms with van der Waals surface area (Å²) in [5.41, 5.74) is 5.27. The molecule has 2 N–H and O–H groups in total. The summed E-state index contributed by atoms with van der Waals surface area (Å²) < 4.78 is 0. The topological polar surface area (TPSA) is 98.8 Å². The Kier molecular flexibility index (Phi) is 6.29. The van der Waals surface area contributed by atoms with Gasteiger partial charge in [0.05, 0.1) is 6.54 Å². The number of amides is 3. The molecule has 1 fully saturated rings. The molecule has 0 aliphatic carbocycles. The van der Waals surface area contributed by atoms with Crippen molar-refractivity contribution in [2.45, 2.75) is 46.1 Å². The SMILES string of the molecule is CC(=O)CCN(NC(C)=O)C(=O)N1NCCCC1C(C)=O. The van der Waals surface area contributed by atoms with E-state index in [0.29, 0.717) is 13.0 Å². The molecule has 3 amide bonds. The van der Waals surface area contributed by atoms with E-state index in [9.17, 15) is 19.2 Å². The zero-order valence-corrected chi connectivity index (χ0v) is 12.6. The number of nitrogens with one attached hydrogen (secondary N) is 2. The average molecular weight is 298 g/mol. The summed E-state index contributed by atoms with van der Waals surface area (Å²) in [6.07, 6.45) is 1.50.